The summed E-state index contributed by atoms with van der Waals surface area (Å²) in [6, 6.07) is 4.71. The molecule has 0 amide bonds. The Balaban J connectivity index is 0.00000225. The maximum Gasteiger partial charge on any atom is 0.120 e. The van der Waals surface area contributed by atoms with E-state index >= 15 is 0 Å². The van der Waals surface area contributed by atoms with E-state index in [1.54, 1.807) is 18.2 Å². The molecule has 1 rings (SSSR count). The number of nitrogens with two attached hydrogens (primary N) is 1. The van der Waals surface area contributed by atoms with Crippen LogP contribution in [0.2, 0.25) is 0 Å². The van der Waals surface area contributed by atoms with Crippen LogP contribution >= 0.6 is 28.3 Å². The van der Waals surface area contributed by atoms with Crippen molar-refractivity contribution in [3.8, 4) is 5.75 Å². The summed E-state index contributed by atoms with van der Waals surface area (Å²) >= 11 is 3.32. The average molecular weight is 311 g/mol. The van der Waals surface area contributed by atoms with Crippen molar-refractivity contribution in [1.29, 1.82) is 0 Å². The van der Waals surface area contributed by atoms with Crippen LogP contribution in [0, 0.1) is 5.41 Å². The molecule has 0 saturated heterocycles. The lowest BCUT2D eigenvalue weighted by Crippen LogP contribution is -2.32. The number of benzene rings is 1. The molecule has 1 aromatic rings. The van der Waals surface area contributed by atoms with Gasteiger partial charge in [-0.15, -0.1) is 12.4 Å². The normalized spacial score (nSPS) is 13.1. The Morgan fingerprint density at radius 1 is 1.44 bits per heavy atom. The minimum absolute atomic E-state index is 0. The Kier molecular flexibility index (Phi) is 5.76. The van der Waals surface area contributed by atoms with Gasteiger partial charge in [0.25, 0.3) is 0 Å². The van der Waals surface area contributed by atoms with Gasteiger partial charge in [-0.25, -0.2) is 0 Å². The van der Waals surface area contributed by atoms with Crippen LogP contribution in [0.25, 0.3) is 0 Å². The second-order valence-corrected chi connectivity index (χ2v) is 5.24. The van der Waals surface area contributed by atoms with Crippen LogP contribution in [0.15, 0.2) is 22.7 Å². The summed E-state index contributed by atoms with van der Waals surface area (Å²) in [6.07, 6.45) is 0. The quantitative estimate of drug-likeness (QED) is 0.804. The third-order valence-electron chi connectivity index (χ3n) is 2.57. The smallest absolute Gasteiger partial charge is 0.120 e. The van der Waals surface area contributed by atoms with Crippen molar-refractivity contribution in [1.82, 2.24) is 0 Å². The SMILES string of the molecule is CC(C)(CO)[C@H](N)c1cc(Br)ccc1O.Cl. The molecule has 92 valence electrons. The topological polar surface area (TPSA) is 66.5 Å². The molecular weight excluding hydrogens is 293 g/mol. The maximum atomic E-state index is 9.68. The van der Waals surface area contributed by atoms with Crippen molar-refractivity contribution < 1.29 is 10.2 Å². The van der Waals surface area contributed by atoms with Crippen molar-refractivity contribution in [3.05, 3.63) is 28.2 Å². The zero-order valence-electron chi connectivity index (χ0n) is 9.27. The lowest BCUT2D eigenvalue weighted by molar-refractivity contribution is 0.131. The van der Waals surface area contributed by atoms with Crippen LogP contribution in [-0.4, -0.2) is 16.8 Å². The highest BCUT2D eigenvalue weighted by molar-refractivity contribution is 9.10. The van der Waals surface area contributed by atoms with Gasteiger partial charge in [-0.05, 0) is 18.2 Å². The van der Waals surface area contributed by atoms with E-state index in [0.717, 1.165) is 4.47 Å². The zero-order valence-corrected chi connectivity index (χ0v) is 11.7. The number of halogens is 2. The summed E-state index contributed by atoms with van der Waals surface area (Å²) in [5.74, 6) is 0.159. The molecule has 1 aromatic carbocycles. The first-order valence-corrected chi connectivity index (χ1v) is 5.52. The van der Waals surface area contributed by atoms with Gasteiger partial charge in [-0.2, -0.15) is 0 Å². The number of aromatic hydroxyl groups is 1. The standard InChI is InChI=1S/C11H16BrNO2.ClH/c1-11(2,6-14)10(13)8-5-7(12)3-4-9(8)15;/h3-5,10,14-15H,6,13H2,1-2H3;1H/t10-;/m1./s1. The summed E-state index contributed by atoms with van der Waals surface area (Å²) < 4.78 is 0.861. The monoisotopic (exact) mass is 309 g/mol. The number of hydrogen-bond donors (Lipinski definition) is 3. The fourth-order valence-corrected chi connectivity index (χ4v) is 1.67. The van der Waals surface area contributed by atoms with Crippen LogP contribution < -0.4 is 5.73 Å². The summed E-state index contributed by atoms with van der Waals surface area (Å²) in [5, 5.41) is 18.9. The lowest BCUT2D eigenvalue weighted by atomic mass is 9.81. The summed E-state index contributed by atoms with van der Waals surface area (Å²) in [4.78, 5) is 0. The van der Waals surface area contributed by atoms with Crippen LogP contribution in [0.5, 0.6) is 5.75 Å². The maximum absolute atomic E-state index is 9.68. The number of aliphatic hydroxyl groups excluding tert-OH is 1. The fraction of sp³-hybridized carbons (Fsp3) is 0.455. The third-order valence-corrected chi connectivity index (χ3v) is 3.07. The van der Waals surface area contributed by atoms with Gasteiger partial charge >= 0.3 is 0 Å². The van der Waals surface area contributed by atoms with Crippen molar-refractivity contribution >= 4 is 28.3 Å². The number of rotatable bonds is 3. The molecule has 0 bridgehead atoms. The minimum Gasteiger partial charge on any atom is -0.508 e. The van der Waals surface area contributed by atoms with Crippen molar-refractivity contribution in [2.45, 2.75) is 19.9 Å². The van der Waals surface area contributed by atoms with Gasteiger partial charge in [-0.1, -0.05) is 29.8 Å². The molecule has 0 aliphatic carbocycles. The number of hydrogen-bond acceptors (Lipinski definition) is 3. The predicted molar refractivity (Wildman–Crippen MR) is 70.9 cm³/mol. The van der Waals surface area contributed by atoms with Crippen molar-refractivity contribution in [3.63, 3.8) is 0 Å². The second-order valence-electron chi connectivity index (χ2n) is 4.33. The van der Waals surface area contributed by atoms with E-state index in [-0.39, 0.29) is 24.8 Å². The van der Waals surface area contributed by atoms with E-state index < -0.39 is 11.5 Å². The molecular formula is C11H17BrClNO2. The molecule has 4 N–H and O–H groups in total. The first-order valence-electron chi connectivity index (χ1n) is 4.73. The molecule has 0 spiro atoms. The predicted octanol–water partition coefficient (Wildman–Crippen LogP) is 2.59. The summed E-state index contributed by atoms with van der Waals surface area (Å²) in [7, 11) is 0. The Hall–Kier alpha value is -0.290. The van der Waals surface area contributed by atoms with E-state index in [9.17, 15) is 10.2 Å². The molecule has 0 fully saturated rings. The molecule has 1 atom stereocenters. The Bertz CT molecular complexity index is 358. The third kappa shape index (κ3) is 3.35. The molecule has 0 heterocycles. The first kappa shape index (κ1) is 15.7. The van der Waals surface area contributed by atoms with E-state index in [0.29, 0.717) is 5.56 Å². The molecule has 16 heavy (non-hydrogen) atoms. The largest absolute Gasteiger partial charge is 0.508 e. The minimum atomic E-state index is -0.460. The highest BCUT2D eigenvalue weighted by atomic mass is 79.9. The molecule has 3 nitrogen and oxygen atoms in total. The van der Waals surface area contributed by atoms with Gasteiger partial charge < -0.3 is 15.9 Å². The van der Waals surface area contributed by atoms with Gasteiger partial charge in [-0.3, -0.25) is 0 Å². The van der Waals surface area contributed by atoms with Crippen LogP contribution in [0.1, 0.15) is 25.5 Å². The van der Waals surface area contributed by atoms with Crippen LogP contribution in [0.4, 0.5) is 0 Å². The summed E-state index contributed by atoms with van der Waals surface area (Å²) in [6.45, 7) is 3.69. The Labute approximate surface area is 110 Å². The van der Waals surface area contributed by atoms with E-state index in [2.05, 4.69) is 15.9 Å². The first-order chi connectivity index (χ1) is 6.88. The van der Waals surface area contributed by atoms with Gasteiger partial charge in [0, 0.05) is 28.1 Å². The van der Waals surface area contributed by atoms with Gasteiger partial charge in [0.1, 0.15) is 5.75 Å². The van der Waals surface area contributed by atoms with E-state index in [4.69, 9.17) is 5.73 Å². The molecule has 0 saturated carbocycles. The number of phenolic OH excluding ortho intramolecular Hbond substituents is 1. The van der Waals surface area contributed by atoms with E-state index in [1.807, 2.05) is 13.8 Å². The molecule has 0 aliphatic heterocycles. The highest BCUT2D eigenvalue weighted by Gasteiger charge is 2.28. The van der Waals surface area contributed by atoms with Crippen LogP contribution in [0.3, 0.4) is 0 Å². The van der Waals surface area contributed by atoms with Crippen molar-refractivity contribution in [2.24, 2.45) is 11.1 Å². The van der Waals surface area contributed by atoms with Crippen LogP contribution in [-0.2, 0) is 0 Å². The van der Waals surface area contributed by atoms with Gasteiger partial charge in [0.05, 0.1) is 0 Å². The number of aliphatic hydroxyl groups is 1. The highest BCUT2D eigenvalue weighted by Crippen LogP contribution is 2.36. The average Bonchev–Trinajstić information content (AvgIpc) is 2.20. The Morgan fingerprint density at radius 3 is 2.50 bits per heavy atom. The second kappa shape index (κ2) is 5.87. The molecule has 5 heteroatoms. The van der Waals surface area contributed by atoms with Gasteiger partial charge in [0.2, 0.25) is 0 Å². The fourth-order valence-electron chi connectivity index (χ4n) is 1.29. The molecule has 0 radical (unpaired) electrons. The zero-order chi connectivity index (χ0) is 11.6. The summed E-state index contributed by atoms with van der Waals surface area (Å²) in [5.41, 5.74) is 6.19. The van der Waals surface area contributed by atoms with Gasteiger partial charge in [0.15, 0.2) is 0 Å². The molecule has 0 unspecified atom stereocenters. The number of phenols is 1. The Morgan fingerprint density at radius 2 is 2.00 bits per heavy atom. The van der Waals surface area contributed by atoms with Crippen molar-refractivity contribution in [2.75, 3.05) is 6.61 Å². The lowest BCUT2D eigenvalue weighted by Gasteiger charge is -2.30. The molecule has 0 aromatic heterocycles. The molecule has 0 aliphatic rings. The van der Waals surface area contributed by atoms with E-state index in [1.165, 1.54) is 0 Å².